The van der Waals surface area contributed by atoms with Crippen molar-refractivity contribution in [2.75, 3.05) is 11.9 Å². The average Bonchev–Trinajstić information content (AvgIpc) is 2.61. The predicted molar refractivity (Wildman–Crippen MR) is 52.6 cm³/mol. The Morgan fingerprint density at radius 1 is 1.43 bits per heavy atom. The first-order chi connectivity index (χ1) is 6.75. The summed E-state index contributed by atoms with van der Waals surface area (Å²) in [5, 5.41) is 2.94. The number of anilines is 1. The van der Waals surface area contributed by atoms with Crippen molar-refractivity contribution in [3.8, 4) is 0 Å². The highest BCUT2D eigenvalue weighted by molar-refractivity contribution is 5.78. The molecule has 0 fully saturated rings. The zero-order valence-corrected chi connectivity index (χ0v) is 7.75. The van der Waals surface area contributed by atoms with Gasteiger partial charge in [0.2, 0.25) is 5.91 Å². The number of primary amides is 1. The quantitative estimate of drug-likeness (QED) is 0.737. The summed E-state index contributed by atoms with van der Waals surface area (Å²) in [4.78, 5) is 10.5. The molecule has 74 valence electrons. The highest BCUT2D eigenvalue weighted by atomic mass is 16.5. The molecule has 1 aliphatic rings. The molecule has 1 aromatic rings. The van der Waals surface area contributed by atoms with E-state index in [1.165, 1.54) is 11.1 Å². The molecule has 0 spiro atoms. The van der Waals surface area contributed by atoms with Gasteiger partial charge in [-0.2, -0.15) is 0 Å². The zero-order chi connectivity index (χ0) is 9.97. The van der Waals surface area contributed by atoms with Gasteiger partial charge in [0.15, 0.2) is 0 Å². The van der Waals surface area contributed by atoms with E-state index >= 15 is 0 Å². The Kier molecular flexibility index (Phi) is 2.37. The summed E-state index contributed by atoms with van der Waals surface area (Å²) in [6.07, 6.45) is 0. The first kappa shape index (κ1) is 9.02. The van der Waals surface area contributed by atoms with Crippen LogP contribution in [0, 0.1) is 0 Å². The zero-order valence-electron chi connectivity index (χ0n) is 7.75. The van der Waals surface area contributed by atoms with Crippen LogP contribution in [0.3, 0.4) is 0 Å². The largest absolute Gasteiger partial charge is 0.376 e. The Morgan fingerprint density at radius 3 is 3.00 bits per heavy atom. The summed E-state index contributed by atoms with van der Waals surface area (Å²) in [7, 11) is 0. The number of amides is 1. The maximum Gasteiger partial charge on any atom is 0.236 e. The Hall–Kier alpha value is -1.55. The molecule has 0 bridgehead atoms. The van der Waals surface area contributed by atoms with Gasteiger partial charge >= 0.3 is 0 Å². The second-order valence-electron chi connectivity index (χ2n) is 3.30. The third kappa shape index (κ3) is 1.85. The van der Waals surface area contributed by atoms with E-state index in [4.69, 9.17) is 10.5 Å². The number of hydrogen-bond donors (Lipinski definition) is 2. The van der Waals surface area contributed by atoms with Gasteiger partial charge in [0.05, 0.1) is 19.8 Å². The van der Waals surface area contributed by atoms with E-state index in [1.54, 1.807) is 0 Å². The molecule has 1 aromatic carbocycles. The molecule has 0 atom stereocenters. The van der Waals surface area contributed by atoms with Crippen LogP contribution < -0.4 is 11.1 Å². The van der Waals surface area contributed by atoms with E-state index in [0.717, 1.165) is 5.69 Å². The SMILES string of the molecule is NC(=O)CNc1ccc2c(c1)COC2. The molecule has 0 unspecified atom stereocenters. The molecule has 4 nitrogen and oxygen atoms in total. The molecule has 1 aliphatic heterocycles. The van der Waals surface area contributed by atoms with Crippen LogP contribution in [0.5, 0.6) is 0 Å². The fraction of sp³-hybridized carbons (Fsp3) is 0.300. The third-order valence-corrected chi connectivity index (χ3v) is 2.19. The van der Waals surface area contributed by atoms with Gasteiger partial charge in [-0.1, -0.05) is 6.07 Å². The second kappa shape index (κ2) is 3.67. The maximum absolute atomic E-state index is 10.5. The predicted octanol–water partition coefficient (Wildman–Crippen LogP) is 0.614. The highest BCUT2D eigenvalue weighted by Gasteiger charge is 2.10. The number of nitrogens with two attached hydrogens (primary N) is 1. The fourth-order valence-electron chi connectivity index (χ4n) is 1.47. The normalized spacial score (nSPS) is 13.7. The Labute approximate surface area is 82.1 Å². The number of benzene rings is 1. The van der Waals surface area contributed by atoms with Gasteiger partial charge in [-0.15, -0.1) is 0 Å². The monoisotopic (exact) mass is 192 g/mol. The highest BCUT2D eigenvalue weighted by Crippen LogP contribution is 2.22. The molecule has 1 heterocycles. The van der Waals surface area contributed by atoms with Crippen molar-refractivity contribution in [3.05, 3.63) is 29.3 Å². The Bertz CT molecular complexity index is 363. The minimum Gasteiger partial charge on any atom is -0.376 e. The Morgan fingerprint density at radius 2 is 2.21 bits per heavy atom. The molecule has 14 heavy (non-hydrogen) atoms. The number of nitrogens with one attached hydrogen (secondary N) is 1. The number of carbonyl (C=O) groups excluding carboxylic acids is 1. The summed E-state index contributed by atoms with van der Waals surface area (Å²) < 4.78 is 5.28. The van der Waals surface area contributed by atoms with Crippen molar-refractivity contribution < 1.29 is 9.53 Å². The van der Waals surface area contributed by atoms with Crippen molar-refractivity contribution >= 4 is 11.6 Å². The summed E-state index contributed by atoms with van der Waals surface area (Å²) in [5.41, 5.74) is 8.33. The van der Waals surface area contributed by atoms with Crippen molar-refractivity contribution in [3.63, 3.8) is 0 Å². The summed E-state index contributed by atoms with van der Waals surface area (Å²) in [6, 6.07) is 5.92. The lowest BCUT2D eigenvalue weighted by Crippen LogP contribution is -2.21. The molecular formula is C10H12N2O2. The molecule has 0 aliphatic carbocycles. The van der Waals surface area contributed by atoms with Crippen molar-refractivity contribution in [1.29, 1.82) is 0 Å². The molecule has 0 radical (unpaired) electrons. The van der Waals surface area contributed by atoms with Crippen LogP contribution in [0.2, 0.25) is 0 Å². The molecule has 0 aromatic heterocycles. The van der Waals surface area contributed by atoms with Crippen LogP contribution in [0.4, 0.5) is 5.69 Å². The number of rotatable bonds is 3. The molecule has 2 rings (SSSR count). The topological polar surface area (TPSA) is 64.4 Å². The van der Waals surface area contributed by atoms with Gasteiger partial charge in [-0.3, -0.25) is 4.79 Å². The van der Waals surface area contributed by atoms with Crippen LogP contribution in [-0.4, -0.2) is 12.5 Å². The molecule has 0 saturated carbocycles. The van der Waals surface area contributed by atoms with Crippen LogP contribution >= 0.6 is 0 Å². The summed E-state index contributed by atoms with van der Waals surface area (Å²) in [5.74, 6) is -0.359. The second-order valence-corrected chi connectivity index (χ2v) is 3.30. The summed E-state index contributed by atoms with van der Waals surface area (Å²) >= 11 is 0. The van der Waals surface area contributed by atoms with E-state index in [9.17, 15) is 4.79 Å². The van der Waals surface area contributed by atoms with Crippen LogP contribution in [0.15, 0.2) is 18.2 Å². The molecule has 1 amide bonds. The van der Waals surface area contributed by atoms with Crippen molar-refractivity contribution in [2.45, 2.75) is 13.2 Å². The van der Waals surface area contributed by atoms with Gasteiger partial charge in [0.1, 0.15) is 0 Å². The third-order valence-electron chi connectivity index (χ3n) is 2.19. The number of hydrogen-bond acceptors (Lipinski definition) is 3. The van der Waals surface area contributed by atoms with Crippen molar-refractivity contribution in [1.82, 2.24) is 0 Å². The smallest absolute Gasteiger partial charge is 0.236 e. The first-order valence-electron chi connectivity index (χ1n) is 4.47. The van der Waals surface area contributed by atoms with Gasteiger partial charge < -0.3 is 15.8 Å². The van der Waals surface area contributed by atoms with Crippen LogP contribution in [-0.2, 0) is 22.7 Å². The fourth-order valence-corrected chi connectivity index (χ4v) is 1.47. The lowest BCUT2D eigenvalue weighted by atomic mass is 10.1. The van der Waals surface area contributed by atoms with Gasteiger partial charge in [0, 0.05) is 5.69 Å². The van der Waals surface area contributed by atoms with E-state index in [2.05, 4.69) is 5.32 Å². The van der Waals surface area contributed by atoms with Crippen LogP contribution in [0.25, 0.3) is 0 Å². The number of carbonyl (C=O) groups is 1. The lowest BCUT2D eigenvalue weighted by molar-refractivity contribution is -0.116. The number of fused-ring (bicyclic) bond motifs is 1. The van der Waals surface area contributed by atoms with Crippen LogP contribution in [0.1, 0.15) is 11.1 Å². The average molecular weight is 192 g/mol. The molecule has 0 saturated heterocycles. The maximum atomic E-state index is 10.5. The lowest BCUT2D eigenvalue weighted by Gasteiger charge is -2.05. The Balaban J connectivity index is 2.09. The van der Waals surface area contributed by atoms with E-state index in [1.807, 2.05) is 18.2 Å². The molecule has 4 heteroatoms. The standard InChI is InChI=1S/C10H12N2O2/c11-10(13)4-12-9-2-1-7-5-14-6-8(7)3-9/h1-3,12H,4-6H2,(H2,11,13). The van der Waals surface area contributed by atoms with Gasteiger partial charge in [0.25, 0.3) is 0 Å². The van der Waals surface area contributed by atoms with Gasteiger partial charge in [-0.25, -0.2) is 0 Å². The summed E-state index contributed by atoms with van der Waals surface area (Å²) in [6.45, 7) is 1.51. The molecule has 3 N–H and O–H groups in total. The first-order valence-corrected chi connectivity index (χ1v) is 4.47. The minimum atomic E-state index is -0.359. The molecular weight excluding hydrogens is 180 g/mol. The van der Waals surface area contributed by atoms with Gasteiger partial charge in [-0.05, 0) is 23.3 Å². The number of ether oxygens (including phenoxy) is 1. The van der Waals surface area contributed by atoms with E-state index < -0.39 is 0 Å². The van der Waals surface area contributed by atoms with E-state index in [0.29, 0.717) is 13.2 Å². The van der Waals surface area contributed by atoms with Crippen molar-refractivity contribution in [2.24, 2.45) is 5.73 Å². The minimum absolute atomic E-state index is 0.166. The van der Waals surface area contributed by atoms with E-state index in [-0.39, 0.29) is 12.5 Å².